The molecule has 0 spiro atoms. The van der Waals surface area contributed by atoms with Crippen LogP contribution in [-0.2, 0) is 13.5 Å². The average molecular weight is 274 g/mol. The Morgan fingerprint density at radius 3 is 3.00 bits per heavy atom. The number of nitrogens with zero attached hydrogens (tertiary/aromatic N) is 5. The molecule has 1 saturated heterocycles. The van der Waals surface area contributed by atoms with E-state index in [-0.39, 0.29) is 0 Å². The van der Waals surface area contributed by atoms with Gasteiger partial charge in [0.15, 0.2) is 5.65 Å². The minimum Gasteiger partial charge on any atom is -0.353 e. The molecule has 0 aliphatic carbocycles. The minimum absolute atomic E-state index is 0.486. The van der Waals surface area contributed by atoms with Crippen molar-refractivity contribution >= 4 is 16.9 Å². The molecule has 0 saturated carbocycles. The van der Waals surface area contributed by atoms with Crippen LogP contribution in [0.4, 0.5) is 5.82 Å². The number of aryl methyl sites for hydroxylation is 2. The molecule has 1 N–H and O–H groups in total. The zero-order valence-corrected chi connectivity index (χ0v) is 12.4. The van der Waals surface area contributed by atoms with Gasteiger partial charge in [0.2, 0.25) is 0 Å². The number of anilines is 1. The van der Waals surface area contributed by atoms with Crippen molar-refractivity contribution in [1.82, 2.24) is 25.1 Å². The van der Waals surface area contributed by atoms with Crippen LogP contribution in [0.15, 0.2) is 6.20 Å². The monoisotopic (exact) mass is 274 g/mol. The molecule has 1 atom stereocenters. The molecule has 1 aliphatic heterocycles. The SMILES string of the molecule is CCCc1nc(N2CCN[C@H](C)C2)c2cnn(C)c2n1. The molecule has 0 aromatic carbocycles. The molecule has 6 heteroatoms. The van der Waals surface area contributed by atoms with Gasteiger partial charge in [0, 0.05) is 39.1 Å². The summed E-state index contributed by atoms with van der Waals surface area (Å²) in [7, 11) is 1.94. The van der Waals surface area contributed by atoms with Gasteiger partial charge in [0.1, 0.15) is 11.6 Å². The van der Waals surface area contributed by atoms with Gasteiger partial charge in [-0.05, 0) is 13.3 Å². The average Bonchev–Trinajstić information content (AvgIpc) is 2.80. The summed E-state index contributed by atoms with van der Waals surface area (Å²) in [6, 6.07) is 0.486. The molecule has 108 valence electrons. The zero-order valence-electron chi connectivity index (χ0n) is 12.4. The summed E-state index contributed by atoms with van der Waals surface area (Å²) >= 11 is 0. The van der Waals surface area contributed by atoms with Crippen LogP contribution in [0.3, 0.4) is 0 Å². The second kappa shape index (κ2) is 5.36. The number of hydrogen-bond donors (Lipinski definition) is 1. The van der Waals surface area contributed by atoms with Crippen molar-refractivity contribution in [3.8, 4) is 0 Å². The Balaban J connectivity index is 2.07. The van der Waals surface area contributed by atoms with Crippen LogP contribution < -0.4 is 10.2 Å². The lowest BCUT2D eigenvalue weighted by Crippen LogP contribution is -2.49. The third-order valence-corrected chi connectivity index (χ3v) is 3.76. The van der Waals surface area contributed by atoms with E-state index in [1.165, 1.54) is 0 Å². The van der Waals surface area contributed by atoms with Gasteiger partial charge >= 0.3 is 0 Å². The predicted octanol–water partition coefficient (Wildman–Crippen LogP) is 1.11. The molecule has 0 bridgehead atoms. The van der Waals surface area contributed by atoms with Gasteiger partial charge in [-0.2, -0.15) is 5.10 Å². The second-order valence-electron chi connectivity index (χ2n) is 5.52. The highest BCUT2D eigenvalue weighted by Crippen LogP contribution is 2.24. The smallest absolute Gasteiger partial charge is 0.163 e. The zero-order chi connectivity index (χ0) is 14.1. The summed E-state index contributed by atoms with van der Waals surface area (Å²) < 4.78 is 1.84. The Kier molecular flexibility index (Phi) is 3.56. The maximum Gasteiger partial charge on any atom is 0.163 e. The van der Waals surface area contributed by atoms with E-state index in [1.807, 2.05) is 17.9 Å². The third-order valence-electron chi connectivity index (χ3n) is 3.76. The molecule has 3 heterocycles. The summed E-state index contributed by atoms with van der Waals surface area (Å²) in [5, 5.41) is 8.87. The molecule has 2 aromatic rings. The lowest BCUT2D eigenvalue weighted by Gasteiger charge is -2.33. The van der Waals surface area contributed by atoms with Gasteiger partial charge in [-0.3, -0.25) is 4.68 Å². The molecule has 0 unspecified atom stereocenters. The Bertz CT molecular complexity index is 605. The van der Waals surface area contributed by atoms with E-state index >= 15 is 0 Å². The van der Waals surface area contributed by atoms with Gasteiger partial charge < -0.3 is 10.2 Å². The quantitative estimate of drug-likeness (QED) is 0.908. The Hall–Kier alpha value is -1.69. The fourth-order valence-corrected chi connectivity index (χ4v) is 2.75. The molecular weight excluding hydrogens is 252 g/mol. The normalized spacial score (nSPS) is 19.8. The number of piperazine rings is 1. The first kappa shape index (κ1) is 13.3. The number of hydrogen-bond acceptors (Lipinski definition) is 5. The maximum atomic E-state index is 4.80. The van der Waals surface area contributed by atoms with Crippen LogP contribution in [0.5, 0.6) is 0 Å². The Morgan fingerprint density at radius 1 is 1.40 bits per heavy atom. The van der Waals surface area contributed by atoms with Gasteiger partial charge in [-0.25, -0.2) is 9.97 Å². The van der Waals surface area contributed by atoms with Gasteiger partial charge in [0.05, 0.1) is 11.6 Å². The molecule has 2 aromatic heterocycles. The summed E-state index contributed by atoms with van der Waals surface area (Å²) in [6.07, 6.45) is 3.85. The van der Waals surface area contributed by atoms with Crippen LogP contribution in [-0.4, -0.2) is 45.4 Å². The van der Waals surface area contributed by atoms with Crippen molar-refractivity contribution in [3.05, 3.63) is 12.0 Å². The number of nitrogens with one attached hydrogen (secondary N) is 1. The first-order chi connectivity index (χ1) is 9.69. The van der Waals surface area contributed by atoms with Crippen LogP contribution in [0.1, 0.15) is 26.1 Å². The van der Waals surface area contributed by atoms with Gasteiger partial charge in [0.25, 0.3) is 0 Å². The van der Waals surface area contributed by atoms with Crippen LogP contribution in [0.2, 0.25) is 0 Å². The molecule has 1 aliphatic rings. The summed E-state index contributed by atoms with van der Waals surface area (Å²) in [6.45, 7) is 7.32. The summed E-state index contributed by atoms with van der Waals surface area (Å²) in [4.78, 5) is 11.8. The lowest BCUT2D eigenvalue weighted by molar-refractivity contribution is 0.482. The highest BCUT2D eigenvalue weighted by atomic mass is 15.3. The van der Waals surface area contributed by atoms with Gasteiger partial charge in [-0.1, -0.05) is 6.92 Å². The summed E-state index contributed by atoms with van der Waals surface area (Å²) in [5.74, 6) is 1.96. The first-order valence-electron chi connectivity index (χ1n) is 7.36. The van der Waals surface area contributed by atoms with E-state index in [0.717, 1.165) is 55.2 Å². The van der Waals surface area contributed by atoms with Crippen LogP contribution in [0.25, 0.3) is 11.0 Å². The van der Waals surface area contributed by atoms with Crippen molar-refractivity contribution < 1.29 is 0 Å². The second-order valence-corrected chi connectivity index (χ2v) is 5.52. The Labute approximate surface area is 119 Å². The van der Waals surface area contributed by atoms with E-state index < -0.39 is 0 Å². The molecule has 0 amide bonds. The topological polar surface area (TPSA) is 58.9 Å². The fraction of sp³-hybridized carbons (Fsp3) is 0.643. The van der Waals surface area contributed by atoms with Gasteiger partial charge in [-0.15, -0.1) is 0 Å². The predicted molar refractivity (Wildman–Crippen MR) is 80.0 cm³/mol. The third kappa shape index (κ3) is 2.35. The van der Waals surface area contributed by atoms with E-state index in [4.69, 9.17) is 4.98 Å². The van der Waals surface area contributed by atoms with E-state index in [1.54, 1.807) is 0 Å². The highest BCUT2D eigenvalue weighted by Gasteiger charge is 2.21. The highest BCUT2D eigenvalue weighted by molar-refractivity contribution is 5.87. The molecule has 1 fully saturated rings. The maximum absolute atomic E-state index is 4.80. The van der Waals surface area contributed by atoms with Crippen molar-refractivity contribution in [1.29, 1.82) is 0 Å². The number of aromatic nitrogens is 4. The lowest BCUT2D eigenvalue weighted by atomic mass is 10.2. The van der Waals surface area contributed by atoms with Crippen LogP contribution >= 0.6 is 0 Å². The Morgan fingerprint density at radius 2 is 2.25 bits per heavy atom. The fourth-order valence-electron chi connectivity index (χ4n) is 2.75. The van der Waals surface area contributed by atoms with E-state index in [9.17, 15) is 0 Å². The molecule has 20 heavy (non-hydrogen) atoms. The molecule has 3 rings (SSSR count). The van der Waals surface area contributed by atoms with E-state index in [0.29, 0.717) is 6.04 Å². The van der Waals surface area contributed by atoms with Crippen molar-refractivity contribution in [2.75, 3.05) is 24.5 Å². The number of fused-ring (bicyclic) bond motifs is 1. The molecular formula is C14H22N6. The van der Waals surface area contributed by atoms with E-state index in [2.05, 4.69) is 34.1 Å². The largest absolute Gasteiger partial charge is 0.353 e. The standard InChI is InChI=1S/C14H22N6/c1-4-5-12-17-13-11(8-16-19(13)3)14(18-12)20-7-6-15-10(2)9-20/h8,10,15H,4-7,9H2,1-3H3/t10-/m1/s1. The molecule has 6 nitrogen and oxygen atoms in total. The minimum atomic E-state index is 0.486. The van der Waals surface area contributed by atoms with Crippen LogP contribution in [0, 0.1) is 0 Å². The first-order valence-corrected chi connectivity index (χ1v) is 7.36. The van der Waals surface area contributed by atoms with Crippen molar-refractivity contribution in [2.45, 2.75) is 32.7 Å². The number of rotatable bonds is 3. The molecule has 0 radical (unpaired) electrons. The summed E-state index contributed by atoms with van der Waals surface area (Å²) in [5.41, 5.74) is 0.935. The van der Waals surface area contributed by atoms with Crippen molar-refractivity contribution in [2.24, 2.45) is 7.05 Å². The van der Waals surface area contributed by atoms with Crippen molar-refractivity contribution in [3.63, 3.8) is 0 Å².